The van der Waals surface area contributed by atoms with E-state index >= 15 is 0 Å². The quantitative estimate of drug-likeness (QED) is 0.444. The molecule has 118 valence electrons. The van der Waals surface area contributed by atoms with Gasteiger partial charge in [0.1, 0.15) is 5.75 Å². The molecule has 0 heterocycles. The van der Waals surface area contributed by atoms with E-state index in [0.29, 0.717) is 13.0 Å². The van der Waals surface area contributed by atoms with Gasteiger partial charge in [-0.05, 0) is 37.8 Å². The molecule has 0 fully saturated rings. The lowest BCUT2D eigenvalue weighted by molar-refractivity contribution is -0.143. The number of unbranched alkanes of at least 4 members (excludes halogenated alkanes) is 5. The van der Waals surface area contributed by atoms with E-state index in [2.05, 4.69) is 12.1 Å². The highest BCUT2D eigenvalue weighted by Crippen LogP contribution is 2.20. The third kappa shape index (κ3) is 7.74. The van der Waals surface area contributed by atoms with Gasteiger partial charge in [0.05, 0.1) is 13.7 Å². The van der Waals surface area contributed by atoms with Gasteiger partial charge in [0, 0.05) is 6.42 Å². The van der Waals surface area contributed by atoms with Crippen LogP contribution in [0.15, 0.2) is 24.3 Å². The van der Waals surface area contributed by atoms with Crippen molar-refractivity contribution in [2.24, 2.45) is 0 Å². The van der Waals surface area contributed by atoms with Gasteiger partial charge in [-0.15, -0.1) is 0 Å². The lowest BCUT2D eigenvalue weighted by Gasteiger charge is -2.07. The Morgan fingerprint density at radius 3 is 2.38 bits per heavy atom. The smallest absolute Gasteiger partial charge is 0.305 e. The van der Waals surface area contributed by atoms with E-state index in [9.17, 15) is 4.79 Å². The second-order valence-corrected chi connectivity index (χ2v) is 5.24. The Kier molecular flexibility index (Phi) is 9.34. The maximum atomic E-state index is 11.2. The number of hydrogen-bond acceptors (Lipinski definition) is 3. The van der Waals surface area contributed by atoms with Gasteiger partial charge in [-0.2, -0.15) is 0 Å². The molecule has 0 aliphatic heterocycles. The van der Waals surface area contributed by atoms with E-state index in [1.54, 1.807) is 7.11 Å². The van der Waals surface area contributed by atoms with E-state index in [4.69, 9.17) is 9.47 Å². The number of esters is 1. The maximum Gasteiger partial charge on any atom is 0.305 e. The predicted molar refractivity (Wildman–Crippen MR) is 85.7 cm³/mol. The van der Waals surface area contributed by atoms with Crippen LogP contribution >= 0.6 is 0 Å². The fourth-order valence-corrected chi connectivity index (χ4v) is 2.43. The molecule has 0 aliphatic rings. The molecule has 0 spiro atoms. The van der Waals surface area contributed by atoms with E-state index in [0.717, 1.165) is 25.0 Å². The number of aryl methyl sites for hydroxylation is 1. The number of para-hydroxylation sites is 1. The number of hydrogen-bond donors (Lipinski definition) is 0. The summed E-state index contributed by atoms with van der Waals surface area (Å²) in [5.74, 6) is 0.931. The monoisotopic (exact) mass is 292 g/mol. The highest BCUT2D eigenvalue weighted by atomic mass is 16.5. The van der Waals surface area contributed by atoms with Gasteiger partial charge in [-0.1, -0.05) is 43.9 Å². The summed E-state index contributed by atoms with van der Waals surface area (Å²) in [6.07, 6.45) is 8.57. The Bertz CT molecular complexity index is 401. The van der Waals surface area contributed by atoms with Crippen molar-refractivity contribution in [1.82, 2.24) is 0 Å². The first kappa shape index (κ1) is 17.5. The first-order valence-corrected chi connectivity index (χ1v) is 8.05. The van der Waals surface area contributed by atoms with Crippen molar-refractivity contribution >= 4 is 5.97 Å². The van der Waals surface area contributed by atoms with E-state index in [1.807, 2.05) is 19.1 Å². The van der Waals surface area contributed by atoms with Crippen LogP contribution in [0.2, 0.25) is 0 Å². The number of carbonyl (C=O) groups excluding carboxylic acids is 1. The third-order valence-corrected chi connectivity index (χ3v) is 3.57. The molecule has 0 aromatic heterocycles. The average Bonchev–Trinajstić information content (AvgIpc) is 2.50. The number of ether oxygens (including phenoxy) is 2. The van der Waals surface area contributed by atoms with Crippen molar-refractivity contribution in [1.29, 1.82) is 0 Å². The lowest BCUT2D eigenvalue weighted by atomic mass is 10.0. The molecule has 21 heavy (non-hydrogen) atoms. The van der Waals surface area contributed by atoms with Gasteiger partial charge < -0.3 is 9.47 Å². The normalized spacial score (nSPS) is 10.4. The SMILES string of the molecule is CCOC(=O)CCCCCCCCc1ccccc1OC. The Morgan fingerprint density at radius 2 is 1.67 bits per heavy atom. The molecule has 1 aromatic rings. The van der Waals surface area contributed by atoms with Crippen LogP contribution in [0, 0.1) is 0 Å². The Labute approximate surface area is 128 Å². The minimum Gasteiger partial charge on any atom is -0.496 e. The molecule has 0 saturated carbocycles. The molecule has 3 nitrogen and oxygen atoms in total. The third-order valence-electron chi connectivity index (χ3n) is 3.57. The molecule has 3 heteroatoms. The Morgan fingerprint density at radius 1 is 1.00 bits per heavy atom. The zero-order valence-electron chi connectivity index (χ0n) is 13.4. The Balaban J connectivity index is 2.01. The van der Waals surface area contributed by atoms with Crippen molar-refractivity contribution in [3.8, 4) is 5.75 Å². The summed E-state index contributed by atoms with van der Waals surface area (Å²) in [5, 5.41) is 0. The highest BCUT2D eigenvalue weighted by molar-refractivity contribution is 5.69. The van der Waals surface area contributed by atoms with Crippen LogP contribution < -0.4 is 4.74 Å². The molecular weight excluding hydrogens is 264 g/mol. The molecule has 0 unspecified atom stereocenters. The van der Waals surface area contributed by atoms with Crippen LogP contribution in [0.5, 0.6) is 5.75 Å². The van der Waals surface area contributed by atoms with Crippen LogP contribution in [0.1, 0.15) is 57.4 Å². The molecule has 0 amide bonds. The first-order valence-electron chi connectivity index (χ1n) is 8.05. The van der Waals surface area contributed by atoms with Crippen LogP contribution in [0.4, 0.5) is 0 Å². The van der Waals surface area contributed by atoms with Gasteiger partial charge in [-0.25, -0.2) is 0 Å². The zero-order chi connectivity index (χ0) is 15.3. The van der Waals surface area contributed by atoms with Crippen LogP contribution in [-0.4, -0.2) is 19.7 Å². The summed E-state index contributed by atoms with van der Waals surface area (Å²) in [4.78, 5) is 11.2. The second-order valence-electron chi connectivity index (χ2n) is 5.24. The van der Waals surface area contributed by atoms with Gasteiger partial charge in [-0.3, -0.25) is 4.79 Å². The summed E-state index contributed by atoms with van der Waals surface area (Å²) in [7, 11) is 1.72. The summed E-state index contributed by atoms with van der Waals surface area (Å²) in [6.45, 7) is 2.33. The van der Waals surface area contributed by atoms with Crippen LogP contribution in [-0.2, 0) is 16.0 Å². The zero-order valence-corrected chi connectivity index (χ0v) is 13.4. The average molecular weight is 292 g/mol. The predicted octanol–water partition coefficient (Wildman–Crippen LogP) is 4.53. The standard InChI is InChI=1S/C18H28O3/c1-3-21-18(19)15-9-7-5-4-6-8-12-16-13-10-11-14-17(16)20-2/h10-11,13-14H,3-9,12,15H2,1-2H3. The Hall–Kier alpha value is -1.51. The molecule has 0 radical (unpaired) electrons. The fraction of sp³-hybridized carbons (Fsp3) is 0.611. The molecule has 1 aromatic carbocycles. The topological polar surface area (TPSA) is 35.5 Å². The van der Waals surface area contributed by atoms with Crippen LogP contribution in [0.25, 0.3) is 0 Å². The molecule has 1 rings (SSSR count). The van der Waals surface area contributed by atoms with Crippen molar-refractivity contribution in [2.45, 2.75) is 58.3 Å². The van der Waals surface area contributed by atoms with Crippen molar-refractivity contribution < 1.29 is 14.3 Å². The van der Waals surface area contributed by atoms with E-state index in [1.165, 1.54) is 31.2 Å². The molecule has 0 saturated heterocycles. The first-order chi connectivity index (χ1) is 10.3. The highest BCUT2D eigenvalue weighted by Gasteiger charge is 2.02. The van der Waals surface area contributed by atoms with Crippen molar-refractivity contribution in [2.75, 3.05) is 13.7 Å². The lowest BCUT2D eigenvalue weighted by Crippen LogP contribution is -2.03. The van der Waals surface area contributed by atoms with E-state index in [-0.39, 0.29) is 5.97 Å². The van der Waals surface area contributed by atoms with Gasteiger partial charge >= 0.3 is 5.97 Å². The second kappa shape index (κ2) is 11.2. The minimum atomic E-state index is -0.0614. The van der Waals surface area contributed by atoms with Gasteiger partial charge in [0.2, 0.25) is 0 Å². The van der Waals surface area contributed by atoms with E-state index < -0.39 is 0 Å². The molecule has 0 N–H and O–H groups in total. The fourth-order valence-electron chi connectivity index (χ4n) is 2.43. The van der Waals surface area contributed by atoms with Crippen molar-refractivity contribution in [3.05, 3.63) is 29.8 Å². The summed E-state index contributed by atoms with van der Waals surface area (Å²) in [6, 6.07) is 8.22. The minimum absolute atomic E-state index is 0.0614. The number of benzene rings is 1. The van der Waals surface area contributed by atoms with Crippen molar-refractivity contribution in [3.63, 3.8) is 0 Å². The molecule has 0 bridgehead atoms. The maximum absolute atomic E-state index is 11.2. The summed E-state index contributed by atoms with van der Waals surface area (Å²) < 4.78 is 10.3. The molecular formula is C18H28O3. The number of methoxy groups -OCH3 is 1. The summed E-state index contributed by atoms with van der Waals surface area (Å²) in [5.41, 5.74) is 1.29. The molecule has 0 aliphatic carbocycles. The van der Waals surface area contributed by atoms with Gasteiger partial charge in [0.25, 0.3) is 0 Å². The van der Waals surface area contributed by atoms with Gasteiger partial charge in [0.15, 0.2) is 0 Å². The molecule has 0 atom stereocenters. The number of rotatable bonds is 11. The largest absolute Gasteiger partial charge is 0.496 e. The van der Waals surface area contributed by atoms with Crippen LogP contribution in [0.3, 0.4) is 0 Å². The number of carbonyl (C=O) groups is 1. The summed E-state index contributed by atoms with van der Waals surface area (Å²) >= 11 is 0.